The molecule has 0 bridgehead atoms. The van der Waals surface area contributed by atoms with Crippen molar-refractivity contribution in [3.63, 3.8) is 0 Å². The molecule has 1 amide bonds. The molecule has 1 heterocycles. The van der Waals surface area contributed by atoms with E-state index < -0.39 is 16.7 Å². The first-order valence-corrected chi connectivity index (χ1v) is 10.2. The van der Waals surface area contributed by atoms with Gasteiger partial charge in [-0.2, -0.15) is 13.2 Å². The first kappa shape index (κ1) is 21.6. The number of rotatable bonds is 4. The Morgan fingerprint density at radius 1 is 0.969 bits per heavy atom. The first-order valence-electron chi connectivity index (χ1n) is 10.2. The number of hydrogen-bond acceptors (Lipinski definition) is 4. The molecule has 3 aromatic carbocycles. The number of nitrogens with zero attached hydrogens (tertiary/aromatic N) is 3. The van der Waals surface area contributed by atoms with Gasteiger partial charge in [0.1, 0.15) is 0 Å². The monoisotopic (exact) mass is 443 g/mol. The predicted molar refractivity (Wildman–Crippen MR) is 114 cm³/mol. The molecule has 0 unspecified atom stereocenters. The largest absolute Gasteiger partial charge is 0.416 e. The summed E-state index contributed by atoms with van der Waals surface area (Å²) < 4.78 is 39.1. The van der Waals surface area contributed by atoms with Crippen LogP contribution in [0.15, 0.2) is 60.7 Å². The number of carbonyl (C=O) groups is 1. The summed E-state index contributed by atoms with van der Waals surface area (Å²) in [7, 11) is 0. The van der Waals surface area contributed by atoms with E-state index in [0.717, 1.165) is 25.0 Å². The van der Waals surface area contributed by atoms with E-state index in [9.17, 15) is 28.1 Å². The van der Waals surface area contributed by atoms with E-state index in [2.05, 4.69) is 0 Å². The van der Waals surface area contributed by atoms with Gasteiger partial charge < -0.3 is 0 Å². The van der Waals surface area contributed by atoms with Gasteiger partial charge in [0.2, 0.25) is 5.91 Å². The normalized spacial score (nSPS) is 14.6. The second-order valence-electron chi connectivity index (χ2n) is 7.63. The van der Waals surface area contributed by atoms with Gasteiger partial charge in [-0.1, -0.05) is 36.4 Å². The van der Waals surface area contributed by atoms with Crippen molar-refractivity contribution in [2.24, 2.45) is 0 Å². The van der Waals surface area contributed by atoms with Crippen molar-refractivity contribution in [1.82, 2.24) is 5.01 Å². The lowest BCUT2D eigenvalue weighted by molar-refractivity contribution is -0.383. The van der Waals surface area contributed by atoms with Gasteiger partial charge in [-0.25, -0.2) is 0 Å². The predicted octanol–water partition coefficient (Wildman–Crippen LogP) is 5.35. The van der Waals surface area contributed by atoms with E-state index in [1.165, 1.54) is 23.2 Å². The summed E-state index contributed by atoms with van der Waals surface area (Å²) in [6.45, 7) is 0.944. The van der Waals surface area contributed by atoms with Crippen LogP contribution < -0.4 is 5.01 Å². The molecule has 1 saturated heterocycles. The summed E-state index contributed by atoms with van der Waals surface area (Å²) in [6, 6.07) is 14.7. The van der Waals surface area contributed by atoms with E-state index in [1.807, 2.05) is 0 Å². The molecule has 166 valence electrons. The van der Waals surface area contributed by atoms with E-state index in [4.69, 9.17) is 0 Å². The molecule has 9 heteroatoms. The van der Waals surface area contributed by atoms with Crippen molar-refractivity contribution in [3.8, 4) is 0 Å². The lowest BCUT2D eigenvalue weighted by Gasteiger charge is -2.40. The number of carbonyl (C=O) groups excluding carboxylic acids is 1. The number of hydrazine groups is 1. The van der Waals surface area contributed by atoms with Gasteiger partial charge in [-0.15, -0.1) is 0 Å². The molecule has 1 fully saturated rings. The third-order valence-electron chi connectivity index (χ3n) is 5.53. The molecule has 0 spiro atoms. The molecule has 4 rings (SSSR count). The summed E-state index contributed by atoms with van der Waals surface area (Å²) in [6.07, 6.45) is -3.08. The van der Waals surface area contributed by atoms with Crippen LogP contribution in [-0.4, -0.2) is 28.9 Å². The van der Waals surface area contributed by atoms with Crippen LogP contribution in [0.5, 0.6) is 0 Å². The van der Waals surface area contributed by atoms with Crippen molar-refractivity contribution < 1.29 is 22.9 Å². The Balaban J connectivity index is 1.67. The fourth-order valence-corrected chi connectivity index (χ4v) is 4.05. The standard InChI is InChI=1S/C23H20F3N3O3/c24-23(25,26)17-7-5-6-16(14-17)15-22(30)28-13-4-3-12-27(28)20-10-11-21(29(31)32)19-9-2-1-8-18(19)20/h1-2,5-11,14H,3-4,12-13,15H2. The number of alkyl halides is 3. The van der Waals surface area contributed by atoms with Crippen molar-refractivity contribution in [1.29, 1.82) is 0 Å². The van der Waals surface area contributed by atoms with Gasteiger partial charge in [0.15, 0.2) is 0 Å². The Labute approximate surface area is 182 Å². The van der Waals surface area contributed by atoms with Crippen LogP contribution in [0.25, 0.3) is 10.8 Å². The van der Waals surface area contributed by atoms with Gasteiger partial charge in [0.25, 0.3) is 5.69 Å². The van der Waals surface area contributed by atoms with E-state index in [-0.39, 0.29) is 23.6 Å². The minimum Gasteiger partial charge on any atom is -0.282 e. The zero-order chi connectivity index (χ0) is 22.9. The number of fused-ring (bicyclic) bond motifs is 1. The number of non-ortho nitro benzene ring substituents is 1. The highest BCUT2D eigenvalue weighted by Crippen LogP contribution is 2.35. The molecule has 0 saturated carbocycles. The first-order chi connectivity index (χ1) is 15.3. The Morgan fingerprint density at radius 2 is 1.69 bits per heavy atom. The van der Waals surface area contributed by atoms with E-state index in [0.29, 0.717) is 29.5 Å². The van der Waals surface area contributed by atoms with Crippen LogP contribution in [0.3, 0.4) is 0 Å². The van der Waals surface area contributed by atoms with Gasteiger partial charge >= 0.3 is 6.18 Å². The van der Waals surface area contributed by atoms with Crippen molar-refractivity contribution in [3.05, 3.63) is 81.9 Å². The van der Waals surface area contributed by atoms with Gasteiger partial charge in [0.05, 0.1) is 28.0 Å². The molecular weight excluding hydrogens is 423 g/mol. The molecule has 0 atom stereocenters. The smallest absolute Gasteiger partial charge is 0.282 e. The molecule has 0 aliphatic carbocycles. The quantitative estimate of drug-likeness (QED) is 0.403. The minimum atomic E-state index is -4.48. The van der Waals surface area contributed by atoms with Crippen LogP contribution >= 0.6 is 0 Å². The maximum atomic E-state index is 13.1. The maximum Gasteiger partial charge on any atom is 0.416 e. The van der Waals surface area contributed by atoms with Crippen LogP contribution in [0.1, 0.15) is 24.0 Å². The topological polar surface area (TPSA) is 66.7 Å². The number of benzene rings is 3. The Morgan fingerprint density at radius 3 is 2.41 bits per heavy atom. The minimum absolute atomic E-state index is 0.0248. The lowest BCUT2D eigenvalue weighted by atomic mass is 10.0. The molecule has 1 aliphatic heterocycles. The van der Waals surface area contributed by atoms with Crippen molar-refractivity contribution >= 4 is 28.1 Å². The Hall–Kier alpha value is -3.62. The van der Waals surface area contributed by atoms with Crippen molar-refractivity contribution in [2.75, 3.05) is 18.1 Å². The van der Waals surface area contributed by atoms with Crippen molar-refractivity contribution in [2.45, 2.75) is 25.4 Å². The number of anilines is 1. The summed E-state index contributed by atoms with van der Waals surface area (Å²) in [5, 5.41) is 15.8. The number of amides is 1. The highest BCUT2D eigenvalue weighted by atomic mass is 19.4. The molecule has 0 N–H and O–H groups in total. The van der Waals surface area contributed by atoms with E-state index in [1.54, 1.807) is 35.3 Å². The van der Waals surface area contributed by atoms with Gasteiger partial charge in [0, 0.05) is 24.5 Å². The summed E-state index contributed by atoms with van der Waals surface area (Å²) in [5.41, 5.74) is 0.120. The Kier molecular flexibility index (Phi) is 5.73. The maximum absolute atomic E-state index is 13.1. The molecule has 0 radical (unpaired) electrons. The van der Waals surface area contributed by atoms with Gasteiger partial charge in [-0.3, -0.25) is 24.9 Å². The average molecular weight is 443 g/mol. The third kappa shape index (κ3) is 4.23. The van der Waals surface area contributed by atoms with Crippen LogP contribution in [0.2, 0.25) is 0 Å². The average Bonchev–Trinajstić information content (AvgIpc) is 2.78. The zero-order valence-electron chi connectivity index (χ0n) is 17.0. The number of hydrogen-bond donors (Lipinski definition) is 0. The zero-order valence-corrected chi connectivity index (χ0v) is 17.0. The summed E-state index contributed by atoms with van der Waals surface area (Å²) in [5.74, 6) is -0.327. The third-order valence-corrected chi connectivity index (χ3v) is 5.53. The SMILES string of the molecule is O=C(Cc1cccc(C(F)(F)F)c1)N1CCCCN1c1ccc([N+](=O)[O-])c2ccccc12. The van der Waals surface area contributed by atoms with E-state index >= 15 is 0 Å². The van der Waals surface area contributed by atoms with Crippen LogP contribution in [-0.2, 0) is 17.4 Å². The van der Waals surface area contributed by atoms with Crippen LogP contribution in [0, 0.1) is 10.1 Å². The lowest BCUT2D eigenvalue weighted by Crippen LogP contribution is -2.51. The number of nitro benzene ring substituents is 1. The molecule has 32 heavy (non-hydrogen) atoms. The second-order valence-corrected chi connectivity index (χ2v) is 7.63. The number of nitro groups is 1. The number of halogens is 3. The fraction of sp³-hybridized carbons (Fsp3) is 0.261. The highest BCUT2D eigenvalue weighted by molar-refractivity contribution is 6.00. The molecule has 3 aromatic rings. The Bertz CT molecular complexity index is 1180. The summed E-state index contributed by atoms with van der Waals surface area (Å²) in [4.78, 5) is 24.1. The molecule has 0 aromatic heterocycles. The molecular formula is C23H20F3N3O3. The summed E-state index contributed by atoms with van der Waals surface area (Å²) >= 11 is 0. The second kappa shape index (κ2) is 8.49. The van der Waals surface area contributed by atoms with Crippen LogP contribution in [0.4, 0.5) is 24.5 Å². The van der Waals surface area contributed by atoms with Gasteiger partial charge in [-0.05, 0) is 36.6 Å². The molecule has 6 nitrogen and oxygen atoms in total. The molecule has 1 aliphatic rings. The highest BCUT2D eigenvalue weighted by Gasteiger charge is 2.31. The fourth-order valence-electron chi connectivity index (χ4n) is 4.05.